The van der Waals surface area contributed by atoms with E-state index in [1.54, 1.807) is 0 Å². The number of rotatable bonds is 4. The lowest BCUT2D eigenvalue weighted by Crippen LogP contribution is -2.39. The minimum absolute atomic E-state index is 0.190. The minimum Gasteiger partial charge on any atom is -0.494 e. The molecule has 1 aliphatic heterocycles. The predicted molar refractivity (Wildman–Crippen MR) is 104 cm³/mol. The molecule has 7 nitrogen and oxygen atoms in total. The molecule has 0 saturated heterocycles. The van der Waals surface area contributed by atoms with Gasteiger partial charge in [0.2, 0.25) is 5.88 Å². The third-order valence-electron chi connectivity index (χ3n) is 5.34. The molecule has 0 fully saturated rings. The van der Waals surface area contributed by atoms with Crippen LogP contribution in [-0.2, 0) is 13.0 Å². The fourth-order valence-corrected chi connectivity index (χ4v) is 3.95. The number of aromatic nitrogens is 3. The van der Waals surface area contributed by atoms with Gasteiger partial charge in [-0.25, -0.2) is 4.79 Å². The van der Waals surface area contributed by atoms with Gasteiger partial charge < -0.3 is 15.4 Å². The van der Waals surface area contributed by atoms with Gasteiger partial charge in [0.25, 0.3) is 5.56 Å². The summed E-state index contributed by atoms with van der Waals surface area (Å²) < 4.78 is 1.25. The molecule has 142 valence electrons. The van der Waals surface area contributed by atoms with Gasteiger partial charge in [-0.15, -0.1) is 0 Å². The Morgan fingerprint density at radius 3 is 2.85 bits per heavy atom. The maximum Gasteiger partial charge on any atom is 0.331 e. The van der Waals surface area contributed by atoms with Gasteiger partial charge in [0.05, 0.1) is 6.04 Å². The van der Waals surface area contributed by atoms with Gasteiger partial charge in [0.15, 0.2) is 0 Å². The van der Waals surface area contributed by atoms with Crippen LogP contribution in [0.1, 0.15) is 48.2 Å². The fourth-order valence-electron chi connectivity index (χ4n) is 3.95. The Bertz CT molecular complexity index is 1120. The highest BCUT2D eigenvalue weighted by Crippen LogP contribution is 2.35. The van der Waals surface area contributed by atoms with Crippen LogP contribution in [0.4, 0.5) is 0 Å². The molecule has 0 amide bonds. The van der Waals surface area contributed by atoms with Crippen molar-refractivity contribution in [3.63, 3.8) is 0 Å². The summed E-state index contributed by atoms with van der Waals surface area (Å²) in [7, 11) is 0. The van der Waals surface area contributed by atoms with Gasteiger partial charge in [-0.1, -0.05) is 25.0 Å². The number of aryl methyl sites for hydroxylation is 1. The Hall–Kier alpha value is -2.80. The number of aromatic hydroxyl groups is 1. The number of hydrogen-bond acceptors (Lipinski definition) is 4. The second-order valence-corrected chi connectivity index (χ2v) is 7.21. The molecular weight excluding hydrogens is 344 g/mol. The lowest BCUT2D eigenvalue weighted by molar-refractivity contribution is 0.378. The molecule has 2 aromatic heterocycles. The van der Waals surface area contributed by atoms with Gasteiger partial charge in [-0.2, -0.15) is 0 Å². The van der Waals surface area contributed by atoms with E-state index in [1.165, 1.54) is 10.1 Å². The Kier molecular flexibility index (Phi) is 4.39. The Labute approximate surface area is 156 Å². The third kappa shape index (κ3) is 2.88. The van der Waals surface area contributed by atoms with E-state index in [2.05, 4.69) is 28.3 Å². The highest BCUT2D eigenvalue weighted by atomic mass is 16.3. The molecule has 3 aromatic rings. The van der Waals surface area contributed by atoms with Crippen molar-refractivity contribution in [3.05, 3.63) is 61.4 Å². The van der Waals surface area contributed by atoms with Crippen LogP contribution in [0.5, 0.6) is 5.88 Å². The first-order chi connectivity index (χ1) is 13.0. The van der Waals surface area contributed by atoms with Crippen LogP contribution in [0.2, 0.25) is 0 Å². The van der Waals surface area contributed by atoms with E-state index in [9.17, 15) is 14.7 Å². The molecule has 0 bridgehead atoms. The van der Waals surface area contributed by atoms with E-state index < -0.39 is 17.3 Å². The summed E-state index contributed by atoms with van der Waals surface area (Å²) in [6, 6.07) is 5.73. The summed E-state index contributed by atoms with van der Waals surface area (Å²) in [6.45, 7) is 5.12. The molecule has 7 heteroatoms. The second kappa shape index (κ2) is 6.74. The number of aromatic amines is 2. The SMILES string of the molecule is CCCCn1c(O)c([C@@H]2NCCc3c2[nH]c2ccc(C)cc32)c(=O)[nH]c1=O. The van der Waals surface area contributed by atoms with Crippen molar-refractivity contribution in [2.24, 2.45) is 0 Å². The number of nitrogens with one attached hydrogen (secondary N) is 3. The van der Waals surface area contributed by atoms with Crippen LogP contribution in [0.3, 0.4) is 0 Å². The smallest absolute Gasteiger partial charge is 0.331 e. The normalized spacial score (nSPS) is 16.6. The van der Waals surface area contributed by atoms with Crippen LogP contribution in [0.25, 0.3) is 10.9 Å². The van der Waals surface area contributed by atoms with Crippen LogP contribution >= 0.6 is 0 Å². The zero-order valence-electron chi connectivity index (χ0n) is 15.6. The van der Waals surface area contributed by atoms with E-state index in [4.69, 9.17) is 0 Å². The predicted octanol–water partition coefficient (Wildman–Crippen LogP) is 2.07. The van der Waals surface area contributed by atoms with E-state index in [0.29, 0.717) is 13.1 Å². The van der Waals surface area contributed by atoms with Crippen molar-refractivity contribution >= 4 is 10.9 Å². The number of hydrogen-bond donors (Lipinski definition) is 4. The Morgan fingerprint density at radius 2 is 2.07 bits per heavy atom. The van der Waals surface area contributed by atoms with Crippen molar-refractivity contribution in [1.82, 2.24) is 19.9 Å². The lowest BCUT2D eigenvalue weighted by Gasteiger charge is -2.25. The molecule has 1 aromatic carbocycles. The molecule has 0 saturated carbocycles. The quantitative estimate of drug-likeness (QED) is 0.566. The molecule has 27 heavy (non-hydrogen) atoms. The van der Waals surface area contributed by atoms with E-state index >= 15 is 0 Å². The molecule has 4 N–H and O–H groups in total. The third-order valence-corrected chi connectivity index (χ3v) is 5.34. The molecule has 0 spiro atoms. The van der Waals surface area contributed by atoms with Crippen LogP contribution in [0, 0.1) is 6.92 Å². The monoisotopic (exact) mass is 368 g/mol. The standard InChI is InChI=1S/C20H24N4O3/c1-3-4-9-24-19(26)15(18(25)23-20(24)27)17-16-12(7-8-21-17)13-10-11(2)5-6-14(13)22-16/h5-6,10,17,21-22,26H,3-4,7-9H2,1-2H3,(H,23,25,27)/t17-/m0/s1. The zero-order chi connectivity index (χ0) is 19.1. The van der Waals surface area contributed by atoms with Gasteiger partial charge in [-0.3, -0.25) is 14.3 Å². The highest BCUT2D eigenvalue weighted by molar-refractivity contribution is 5.86. The summed E-state index contributed by atoms with van der Waals surface area (Å²) in [4.78, 5) is 30.5. The summed E-state index contributed by atoms with van der Waals surface area (Å²) in [5.41, 5.74) is 3.28. The zero-order valence-corrected chi connectivity index (χ0v) is 15.6. The molecule has 0 aliphatic carbocycles. The van der Waals surface area contributed by atoms with E-state index in [0.717, 1.165) is 41.4 Å². The molecule has 1 atom stereocenters. The number of benzene rings is 1. The number of fused-ring (bicyclic) bond motifs is 3. The first kappa shape index (κ1) is 17.6. The second-order valence-electron chi connectivity index (χ2n) is 7.21. The van der Waals surface area contributed by atoms with Crippen molar-refractivity contribution in [1.29, 1.82) is 0 Å². The highest BCUT2D eigenvalue weighted by Gasteiger charge is 2.30. The van der Waals surface area contributed by atoms with Gasteiger partial charge in [-0.05, 0) is 37.5 Å². The molecule has 0 unspecified atom stereocenters. The summed E-state index contributed by atoms with van der Waals surface area (Å²) in [5, 5.41) is 15.2. The molecule has 1 aliphatic rings. The van der Waals surface area contributed by atoms with Gasteiger partial charge in [0, 0.05) is 29.7 Å². The first-order valence-corrected chi connectivity index (χ1v) is 9.41. The Balaban J connectivity index is 1.90. The largest absolute Gasteiger partial charge is 0.494 e. The Morgan fingerprint density at radius 1 is 1.26 bits per heavy atom. The molecule has 3 heterocycles. The van der Waals surface area contributed by atoms with Crippen molar-refractivity contribution < 1.29 is 5.11 Å². The fraction of sp³-hybridized carbons (Fsp3) is 0.400. The number of unbranched alkanes of at least 4 members (excludes halogenated alkanes) is 1. The maximum atomic E-state index is 12.6. The average molecular weight is 368 g/mol. The van der Waals surface area contributed by atoms with E-state index in [1.807, 2.05) is 19.1 Å². The van der Waals surface area contributed by atoms with Crippen LogP contribution in [0.15, 0.2) is 27.8 Å². The molecular formula is C20H24N4O3. The van der Waals surface area contributed by atoms with Crippen LogP contribution < -0.4 is 16.6 Å². The van der Waals surface area contributed by atoms with Crippen molar-refractivity contribution in [2.45, 2.75) is 45.7 Å². The number of H-pyrrole nitrogens is 2. The summed E-state index contributed by atoms with van der Waals surface area (Å²) >= 11 is 0. The first-order valence-electron chi connectivity index (χ1n) is 9.41. The molecule has 0 radical (unpaired) electrons. The summed E-state index contributed by atoms with van der Waals surface area (Å²) in [5.74, 6) is -0.252. The van der Waals surface area contributed by atoms with Crippen molar-refractivity contribution in [3.8, 4) is 5.88 Å². The average Bonchev–Trinajstić information content (AvgIpc) is 3.00. The van der Waals surface area contributed by atoms with E-state index in [-0.39, 0.29) is 11.4 Å². The topological polar surface area (TPSA) is 103 Å². The molecule has 4 rings (SSSR count). The summed E-state index contributed by atoms with van der Waals surface area (Å²) in [6.07, 6.45) is 2.46. The van der Waals surface area contributed by atoms with Gasteiger partial charge >= 0.3 is 5.69 Å². The van der Waals surface area contributed by atoms with Crippen LogP contribution in [-0.4, -0.2) is 26.2 Å². The van der Waals surface area contributed by atoms with Crippen molar-refractivity contribution in [2.75, 3.05) is 6.54 Å². The number of nitrogens with zero attached hydrogens (tertiary/aromatic N) is 1. The van der Waals surface area contributed by atoms with Gasteiger partial charge in [0.1, 0.15) is 5.56 Å². The minimum atomic E-state index is -0.571. The lowest BCUT2D eigenvalue weighted by atomic mass is 9.95. The maximum absolute atomic E-state index is 12.6.